The highest BCUT2D eigenvalue weighted by atomic mass is 32.2. The van der Waals surface area contributed by atoms with Gasteiger partial charge in [-0.1, -0.05) is 18.2 Å². The number of piperazine rings is 1. The highest BCUT2D eigenvalue weighted by Crippen LogP contribution is 2.24. The van der Waals surface area contributed by atoms with E-state index >= 15 is 0 Å². The average molecular weight is 487 g/mol. The molecule has 172 valence electrons. The molecule has 0 saturated carbocycles. The molecule has 0 spiro atoms. The number of anilines is 1. The number of methoxy groups -OCH3 is 1. The number of benzene rings is 2. The van der Waals surface area contributed by atoms with Gasteiger partial charge in [0.15, 0.2) is 5.13 Å². The third kappa shape index (κ3) is 5.38. The second-order valence-electron chi connectivity index (χ2n) is 7.33. The molecule has 0 atom stereocenters. The van der Waals surface area contributed by atoms with Gasteiger partial charge in [-0.25, -0.2) is 13.4 Å². The van der Waals surface area contributed by atoms with Crippen molar-refractivity contribution in [2.75, 3.05) is 32.1 Å². The minimum Gasteiger partial charge on any atom is -0.497 e. The lowest BCUT2D eigenvalue weighted by Crippen LogP contribution is -2.49. The zero-order valence-corrected chi connectivity index (χ0v) is 19.4. The molecule has 2 aromatic carbocycles. The van der Waals surface area contributed by atoms with Gasteiger partial charge in [0.1, 0.15) is 5.75 Å². The number of aromatic nitrogens is 1. The summed E-state index contributed by atoms with van der Waals surface area (Å²) in [5, 5.41) is 5.73. The Morgan fingerprint density at radius 3 is 2.85 bits per heavy atom. The maximum Gasteiger partial charge on any atom is 0.257 e. The summed E-state index contributed by atoms with van der Waals surface area (Å²) in [6.45, 7) is 0.188. The smallest absolute Gasteiger partial charge is 0.257 e. The van der Waals surface area contributed by atoms with Crippen LogP contribution in [0.15, 0.2) is 59.6 Å². The summed E-state index contributed by atoms with van der Waals surface area (Å²) in [6, 6.07) is 13.5. The zero-order valence-electron chi connectivity index (χ0n) is 17.8. The Labute approximate surface area is 195 Å². The number of carbonyl (C=O) groups excluding carboxylic acids is 2. The van der Waals surface area contributed by atoms with Crippen LogP contribution in [0.25, 0.3) is 0 Å². The van der Waals surface area contributed by atoms with Gasteiger partial charge in [-0.05, 0) is 35.9 Å². The molecular formula is C22H22N4O5S2. The van der Waals surface area contributed by atoms with E-state index in [2.05, 4.69) is 15.6 Å². The third-order valence-electron chi connectivity index (χ3n) is 5.02. The molecule has 11 heteroatoms. The molecule has 2 N–H and O–H groups in total. The van der Waals surface area contributed by atoms with E-state index in [0.29, 0.717) is 11.6 Å². The van der Waals surface area contributed by atoms with E-state index in [1.54, 1.807) is 13.3 Å². The minimum atomic E-state index is -3.89. The van der Waals surface area contributed by atoms with Gasteiger partial charge in [-0.3, -0.25) is 14.9 Å². The first kappa shape index (κ1) is 22.9. The maximum atomic E-state index is 12.9. The van der Waals surface area contributed by atoms with E-state index in [9.17, 15) is 18.0 Å². The van der Waals surface area contributed by atoms with Crippen molar-refractivity contribution in [3.05, 3.63) is 70.7 Å². The average Bonchev–Trinajstić information content (AvgIpc) is 3.25. The summed E-state index contributed by atoms with van der Waals surface area (Å²) in [6.07, 6.45) is 2.34. The van der Waals surface area contributed by atoms with Crippen molar-refractivity contribution < 1.29 is 22.7 Å². The fourth-order valence-electron chi connectivity index (χ4n) is 3.37. The maximum absolute atomic E-state index is 12.9. The van der Waals surface area contributed by atoms with E-state index in [1.807, 2.05) is 24.3 Å². The Morgan fingerprint density at radius 1 is 1.24 bits per heavy atom. The predicted molar refractivity (Wildman–Crippen MR) is 124 cm³/mol. The van der Waals surface area contributed by atoms with Gasteiger partial charge in [0.05, 0.1) is 18.6 Å². The standard InChI is InChI=1S/C22H22N4O5S2/c1-31-17-6-2-4-15(10-17)11-18-13-24-22(32-18)25-21(28)16-5-3-7-19(12-16)33(29,30)26-9-8-23-20(27)14-26/h2-7,10,12-13H,8-9,11,14H2,1H3,(H,23,27)(H,24,25,28). The molecule has 1 aliphatic heterocycles. The van der Waals surface area contributed by atoms with Crippen molar-refractivity contribution in [2.24, 2.45) is 0 Å². The number of nitrogens with one attached hydrogen (secondary N) is 2. The predicted octanol–water partition coefficient (Wildman–Crippen LogP) is 2.12. The number of hydrogen-bond donors (Lipinski definition) is 2. The number of hydrogen-bond acceptors (Lipinski definition) is 7. The molecule has 9 nitrogen and oxygen atoms in total. The van der Waals surface area contributed by atoms with Crippen LogP contribution in [0.5, 0.6) is 5.75 Å². The summed E-state index contributed by atoms with van der Waals surface area (Å²) < 4.78 is 32.1. The van der Waals surface area contributed by atoms with Crippen molar-refractivity contribution in [3.63, 3.8) is 0 Å². The number of rotatable bonds is 7. The Kier molecular flexibility index (Phi) is 6.72. The molecule has 0 unspecified atom stereocenters. The molecule has 3 aromatic rings. The van der Waals surface area contributed by atoms with Gasteiger partial charge < -0.3 is 10.1 Å². The summed E-state index contributed by atoms with van der Waals surface area (Å²) in [7, 11) is -2.28. The van der Waals surface area contributed by atoms with E-state index in [-0.39, 0.29) is 36.0 Å². The van der Waals surface area contributed by atoms with Crippen LogP contribution in [0, 0.1) is 0 Å². The monoisotopic (exact) mass is 486 g/mol. The summed E-state index contributed by atoms with van der Waals surface area (Å²) in [4.78, 5) is 29.5. The van der Waals surface area contributed by atoms with E-state index < -0.39 is 15.9 Å². The molecule has 0 aliphatic carbocycles. The van der Waals surface area contributed by atoms with Crippen LogP contribution in [0.2, 0.25) is 0 Å². The first-order valence-corrected chi connectivity index (χ1v) is 12.4. The van der Waals surface area contributed by atoms with Crippen molar-refractivity contribution in [3.8, 4) is 5.75 Å². The Balaban J connectivity index is 1.45. The van der Waals surface area contributed by atoms with E-state index in [1.165, 1.54) is 35.6 Å². The minimum absolute atomic E-state index is 0.0392. The number of carbonyl (C=O) groups is 2. The summed E-state index contributed by atoms with van der Waals surface area (Å²) >= 11 is 1.34. The Bertz CT molecular complexity index is 1290. The van der Waals surface area contributed by atoms with Crippen molar-refractivity contribution in [1.29, 1.82) is 0 Å². The van der Waals surface area contributed by atoms with Gasteiger partial charge >= 0.3 is 0 Å². The molecule has 1 aromatic heterocycles. The van der Waals surface area contributed by atoms with Gasteiger partial charge in [-0.2, -0.15) is 4.31 Å². The molecule has 4 rings (SSSR count). The molecule has 0 bridgehead atoms. The van der Waals surface area contributed by atoms with Crippen LogP contribution in [-0.4, -0.2) is 56.3 Å². The molecule has 0 radical (unpaired) electrons. The zero-order chi connectivity index (χ0) is 23.4. The molecule has 2 heterocycles. The molecule has 1 fully saturated rings. The highest BCUT2D eigenvalue weighted by Gasteiger charge is 2.29. The third-order valence-corrected chi connectivity index (χ3v) is 7.78. The van der Waals surface area contributed by atoms with Gasteiger partial charge in [0.25, 0.3) is 5.91 Å². The molecule has 1 saturated heterocycles. The molecule has 33 heavy (non-hydrogen) atoms. The highest BCUT2D eigenvalue weighted by molar-refractivity contribution is 7.89. The Hall–Kier alpha value is -3.28. The molecule has 1 aliphatic rings. The lowest BCUT2D eigenvalue weighted by Gasteiger charge is -2.26. The van der Waals surface area contributed by atoms with Crippen LogP contribution in [0.1, 0.15) is 20.8 Å². The van der Waals surface area contributed by atoms with E-state index in [4.69, 9.17) is 4.74 Å². The van der Waals surface area contributed by atoms with Crippen molar-refractivity contribution in [2.45, 2.75) is 11.3 Å². The van der Waals surface area contributed by atoms with Gasteiger partial charge in [0.2, 0.25) is 15.9 Å². The number of amides is 2. The number of sulfonamides is 1. The first-order valence-electron chi connectivity index (χ1n) is 10.1. The number of ether oxygens (including phenoxy) is 1. The van der Waals surface area contributed by atoms with Crippen LogP contribution in [0.3, 0.4) is 0 Å². The van der Waals surface area contributed by atoms with E-state index in [0.717, 1.165) is 20.5 Å². The summed E-state index contributed by atoms with van der Waals surface area (Å²) in [5.74, 6) is -0.0523. The van der Waals surface area contributed by atoms with Crippen LogP contribution >= 0.6 is 11.3 Å². The van der Waals surface area contributed by atoms with Gasteiger partial charge in [0, 0.05) is 36.1 Å². The van der Waals surface area contributed by atoms with Crippen molar-refractivity contribution >= 4 is 38.3 Å². The van der Waals surface area contributed by atoms with Crippen LogP contribution in [0.4, 0.5) is 5.13 Å². The fraction of sp³-hybridized carbons (Fsp3) is 0.227. The number of nitrogens with zero attached hydrogens (tertiary/aromatic N) is 2. The number of thiazole rings is 1. The first-order chi connectivity index (χ1) is 15.8. The molecular weight excluding hydrogens is 464 g/mol. The van der Waals surface area contributed by atoms with Crippen molar-refractivity contribution in [1.82, 2.24) is 14.6 Å². The topological polar surface area (TPSA) is 118 Å². The summed E-state index contributed by atoms with van der Waals surface area (Å²) in [5.41, 5.74) is 1.24. The fourth-order valence-corrected chi connectivity index (χ4v) is 5.65. The van der Waals surface area contributed by atoms with Gasteiger partial charge in [-0.15, -0.1) is 11.3 Å². The Morgan fingerprint density at radius 2 is 2.06 bits per heavy atom. The van der Waals surface area contributed by atoms with Crippen LogP contribution < -0.4 is 15.4 Å². The SMILES string of the molecule is COc1cccc(Cc2cnc(NC(=O)c3cccc(S(=O)(=O)N4CCNC(=O)C4)c3)s2)c1. The second kappa shape index (κ2) is 9.69. The second-order valence-corrected chi connectivity index (χ2v) is 10.4. The largest absolute Gasteiger partial charge is 0.497 e. The van der Waals surface area contributed by atoms with Crippen LogP contribution in [-0.2, 0) is 21.2 Å². The normalized spacial score (nSPS) is 14.5. The lowest BCUT2D eigenvalue weighted by atomic mass is 10.1. The molecule has 2 amide bonds. The lowest BCUT2D eigenvalue weighted by molar-refractivity contribution is -0.122. The quantitative estimate of drug-likeness (QED) is 0.528.